The zero-order valence-electron chi connectivity index (χ0n) is 14.2. The maximum atomic E-state index is 12.2. The Morgan fingerprint density at radius 2 is 1.76 bits per heavy atom. The first-order valence-corrected chi connectivity index (χ1v) is 8.41. The number of rotatable bonds is 7. The molecule has 0 aliphatic carbocycles. The average molecular weight is 334 g/mol. The third-order valence-corrected chi connectivity index (χ3v) is 4.04. The predicted molar refractivity (Wildman–Crippen MR) is 99.4 cm³/mol. The molecule has 25 heavy (non-hydrogen) atoms. The Morgan fingerprint density at radius 3 is 2.52 bits per heavy atom. The Morgan fingerprint density at radius 1 is 1.00 bits per heavy atom. The topological polar surface area (TPSA) is 54.3 Å². The number of carbonyl (C=O) groups excluding carboxylic acids is 1. The molecule has 1 atom stereocenters. The first kappa shape index (κ1) is 16.8. The fourth-order valence-corrected chi connectivity index (χ4v) is 2.74. The SMILES string of the molecule is CC(NC(=O)CNc1ccccc1Cc1ccccc1)c1ccco1. The molecule has 0 saturated heterocycles. The Labute approximate surface area is 147 Å². The van der Waals surface area contributed by atoms with Crippen LogP contribution in [-0.4, -0.2) is 12.5 Å². The van der Waals surface area contributed by atoms with Crippen molar-refractivity contribution in [3.8, 4) is 0 Å². The quantitative estimate of drug-likeness (QED) is 0.682. The van der Waals surface area contributed by atoms with Crippen LogP contribution < -0.4 is 10.6 Å². The zero-order valence-corrected chi connectivity index (χ0v) is 14.2. The number of hydrogen-bond acceptors (Lipinski definition) is 3. The summed E-state index contributed by atoms with van der Waals surface area (Å²) in [6.07, 6.45) is 2.44. The zero-order chi connectivity index (χ0) is 17.5. The van der Waals surface area contributed by atoms with Gasteiger partial charge >= 0.3 is 0 Å². The molecule has 0 aliphatic heterocycles. The van der Waals surface area contributed by atoms with E-state index in [-0.39, 0.29) is 18.5 Å². The molecule has 1 heterocycles. The van der Waals surface area contributed by atoms with E-state index in [9.17, 15) is 4.79 Å². The summed E-state index contributed by atoms with van der Waals surface area (Å²) in [6, 6.07) is 21.9. The van der Waals surface area contributed by atoms with Gasteiger partial charge in [-0.1, -0.05) is 48.5 Å². The molecule has 0 spiro atoms. The molecule has 2 N–H and O–H groups in total. The molecule has 4 heteroatoms. The molecule has 1 unspecified atom stereocenters. The first-order chi connectivity index (χ1) is 12.2. The van der Waals surface area contributed by atoms with Crippen molar-refractivity contribution in [1.82, 2.24) is 5.32 Å². The van der Waals surface area contributed by atoms with Crippen molar-refractivity contribution in [2.75, 3.05) is 11.9 Å². The van der Waals surface area contributed by atoms with Gasteiger partial charge in [-0.05, 0) is 42.7 Å². The lowest BCUT2D eigenvalue weighted by molar-refractivity contribution is -0.120. The maximum Gasteiger partial charge on any atom is 0.239 e. The van der Waals surface area contributed by atoms with Crippen LogP contribution in [0.5, 0.6) is 0 Å². The number of benzene rings is 2. The summed E-state index contributed by atoms with van der Waals surface area (Å²) in [5, 5.41) is 6.17. The van der Waals surface area contributed by atoms with Gasteiger partial charge < -0.3 is 15.1 Å². The number of furan rings is 1. The summed E-state index contributed by atoms with van der Waals surface area (Å²) in [4.78, 5) is 12.2. The van der Waals surface area contributed by atoms with Gasteiger partial charge in [0.1, 0.15) is 5.76 Å². The molecular weight excluding hydrogens is 312 g/mol. The third-order valence-electron chi connectivity index (χ3n) is 4.04. The van der Waals surface area contributed by atoms with Crippen molar-refractivity contribution >= 4 is 11.6 Å². The summed E-state index contributed by atoms with van der Waals surface area (Å²) in [7, 11) is 0. The number of hydrogen-bond donors (Lipinski definition) is 2. The normalized spacial score (nSPS) is 11.7. The van der Waals surface area contributed by atoms with Crippen LogP contribution in [0, 0.1) is 0 Å². The number of para-hydroxylation sites is 1. The van der Waals surface area contributed by atoms with E-state index in [1.165, 1.54) is 11.1 Å². The second-order valence-electron chi connectivity index (χ2n) is 5.98. The van der Waals surface area contributed by atoms with Crippen LogP contribution >= 0.6 is 0 Å². The summed E-state index contributed by atoms with van der Waals surface area (Å²) in [5.41, 5.74) is 3.39. The highest BCUT2D eigenvalue weighted by molar-refractivity contribution is 5.81. The standard InChI is InChI=1S/C21H22N2O2/c1-16(20-12-7-13-25-20)23-21(24)15-22-19-11-6-5-10-18(19)14-17-8-3-2-4-9-17/h2-13,16,22H,14-15H2,1H3,(H,23,24). The number of nitrogens with one attached hydrogen (secondary N) is 2. The van der Waals surface area contributed by atoms with E-state index in [4.69, 9.17) is 4.42 Å². The highest BCUT2D eigenvalue weighted by atomic mass is 16.3. The van der Waals surface area contributed by atoms with E-state index in [2.05, 4.69) is 28.8 Å². The highest BCUT2D eigenvalue weighted by Crippen LogP contribution is 2.19. The summed E-state index contributed by atoms with van der Waals surface area (Å²) >= 11 is 0. The van der Waals surface area contributed by atoms with Gasteiger partial charge in [0, 0.05) is 5.69 Å². The molecule has 128 valence electrons. The van der Waals surface area contributed by atoms with Crippen LogP contribution in [0.2, 0.25) is 0 Å². The Bertz CT molecular complexity index is 798. The van der Waals surface area contributed by atoms with Crippen LogP contribution in [0.3, 0.4) is 0 Å². The van der Waals surface area contributed by atoms with Crippen molar-refractivity contribution < 1.29 is 9.21 Å². The Balaban J connectivity index is 1.58. The van der Waals surface area contributed by atoms with Gasteiger partial charge in [0.05, 0.1) is 18.8 Å². The predicted octanol–water partition coefficient (Wildman–Crippen LogP) is 4.16. The number of amides is 1. The van der Waals surface area contributed by atoms with Crippen LogP contribution in [0.15, 0.2) is 77.4 Å². The lowest BCUT2D eigenvalue weighted by Gasteiger charge is -2.14. The van der Waals surface area contributed by atoms with Crippen LogP contribution in [0.4, 0.5) is 5.69 Å². The Kier molecular flexibility index (Phi) is 5.52. The molecular formula is C21H22N2O2. The minimum atomic E-state index is -0.149. The minimum Gasteiger partial charge on any atom is -0.467 e. The Hall–Kier alpha value is -3.01. The summed E-state index contributed by atoms with van der Waals surface area (Å²) in [5.74, 6) is 0.677. The maximum absolute atomic E-state index is 12.2. The van der Waals surface area contributed by atoms with Gasteiger partial charge in [0.2, 0.25) is 5.91 Å². The fraction of sp³-hybridized carbons (Fsp3) is 0.190. The summed E-state index contributed by atoms with van der Waals surface area (Å²) < 4.78 is 5.31. The van der Waals surface area contributed by atoms with Crippen molar-refractivity contribution in [2.24, 2.45) is 0 Å². The lowest BCUT2D eigenvalue weighted by atomic mass is 10.0. The summed E-state index contributed by atoms with van der Waals surface area (Å²) in [6.45, 7) is 2.12. The smallest absolute Gasteiger partial charge is 0.239 e. The largest absolute Gasteiger partial charge is 0.467 e. The fourth-order valence-electron chi connectivity index (χ4n) is 2.74. The van der Waals surface area contributed by atoms with E-state index in [0.29, 0.717) is 0 Å². The molecule has 3 aromatic rings. The van der Waals surface area contributed by atoms with Crippen molar-refractivity contribution in [3.05, 3.63) is 89.9 Å². The van der Waals surface area contributed by atoms with Gasteiger partial charge in [0.15, 0.2) is 0 Å². The third kappa shape index (κ3) is 4.73. The molecule has 3 rings (SSSR count). The second kappa shape index (κ2) is 8.20. The second-order valence-corrected chi connectivity index (χ2v) is 5.98. The first-order valence-electron chi connectivity index (χ1n) is 8.41. The van der Waals surface area contributed by atoms with Crippen molar-refractivity contribution in [2.45, 2.75) is 19.4 Å². The monoisotopic (exact) mass is 334 g/mol. The van der Waals surface area contributed by atoms with Gasteiger partial charge in [-0.25, -0.2) is 0 Å². The van der Waals surface area contributed by atoms with E-state index < -0.39 is 0 Å². The van der Waals surface area contributed by atoms with Gasteiger partial charge in [0.25, 0.3) is 0 Å². The number of anilines is 1. The molecule has 1 aromatic heterocycles. The molecule has 0 radical (unpaired) electrons. The molecule has 1 amide bonds. The van der Waals surface area contributed by atoms with E-state index in [1.54, 1.807) is 6.26 Å². The molecule has 2 aromatic carbocycles. The van der Waals surface area contributed by atoms with E-state index in [0.717, 1.165) is 17.9 Å². The van der Waals surface area contributed by atoms with Crippen molar-refractivity contribution in [1.29, 1.82) is 0 Å². The van der Waals surface area contributed by atoms with Gasteiger partial charge in [-0.3, -0.25) is 4.79 Å². The van der Waals surface area contributed by atoms with E-state index in [1.807, 2.05) is 55.5 Å². The molecule has 0 saturated carbocycles. The molecule has 4 nitrogen and oxygen atoms in total. The van der Waals surface area contributed by atoms with Gasteiger partial charge in [-0.15, -0.1) is 0 Å². The highest BCUT2D eigenvalue weighted by Gasteiger charge is 2.12. The number of carbonyl (C=O) groups is 1. The lowest BCUT2D eigenvalue weighted by Crippen LogP contribution is -2.32. The molecule has 0 fully saturated rings. The van der Waals surface area contributed by atoms with Crippen LogP contribution in [0.1, 0.15) is 29.9 Å². The minimum absolute atomic E-state index is 0.0709. The average Bonchev–Trinajstić information content (AvgIpc) is 3.17. The van der Waals surface area contributed by atoms with Crippen molar-refractivity contribution in [3.63, 3.8) is 0 Å². The molecule has 0 aliphatic rings. The van der Waals surface area contributed by atoms with Crippen LogP contribution in [-0.2, 0) is 11.2 Å². The molecule has 0 bridgehead atoms. The van der Waals surface area contributed by atoms with Crippen LogP contribution in [0.25, 0.3) is 0 Å². The van der Waals surface area contributed by atoms with E-state index >= 15 is 0 Å². The van der Waals surface area contributed by atoms with Gasteiger partial charge in [-0.2, -0.15) is 0 Å².